The molecule has 1 saturated heterocycles. The first-order valence-electron chi connectivity index (χ1n) is 15.6. The summed E-state index contributed by atoms with van der Waals surface area (Å²) in [4.78, 5) is 45.3. The van der Waals surface area contributed by atoms with Gasteiger partial charge in [0.25, 0.3) is 5.92 Å². The van der Waals surface area contributed by atoms with E-state index < -0.39 is 76.7 Å². The maximum Gasteiger partial charge on any atom is 0.408 e. The number of alkyl halides is 2. The molecule has 9 nitrogen and oxygen atoms in total. The molecule has 0 spiro atoms. The van der Waals surface area contributed by atoms with Gasteiger partial charge >= 0.3 is 6.09 Å². The molecular formula is C33H42F3N3O6. The Balaban J connectivity index is 1.61. The van der Waals surface area contributed by atoms with Gasteiger partial charge in [0.1, 0.15) is 41.2 Å². The van der Waals surface area contributed by atoms with Crippen molar-refractivity contribution in [1.82, 2.24) is 15.2 Å². The number of methoxy groups -OCH3 is 1. The van der Waals surface area contributed by atoms with Crippen molar-refractivity contribution in [2.75, 3.05) is 13.7 Å². The summed E-state index contributed by atoms with van der Waals surface area (Å²) in [5.74, 6) is -6.17. The number of aromatic nitrogens is 1. The molecule has 6 atom stereocenters. The molecule has 45 heavy (non-hydrogen) atoms. The lowest BCUT2D eigenvalue weighted by Crippen LogP contribution is -2.56. The minimum absolute atomic E-state index is 0.0309. The molecule has 246 valence electrons. The van der Waals surface area contributed by atoms with Gasteiger partial charge in [-0.15, -0.1) is 0 Å². The van der Waals surface area contributed by atoms with Crippen LogP contribution in [0.3, 0.4) is 0 Å². The van der Waals surface area contributed by atoms with Crippen LogP contribution in [-0.4, -0.2) is 65.6 Å². The average molecular weight is 634 g/mol. The molecule has 1 aliphatic carbocycles. The fourth-order valence-corrected chi connectivity index (χ4v) is 6.80. The Labute approximate surface area is 261 Å². The topological polar surface area (TPSA) is 107 Å². The highest BCUT2D eigenvalue weighted by molar-refractivity contribution is 5.89. The van der Waals surface area contributed by atoms with Crippen molar-refractivity contribution in [3.05, 3.63) is 29.6 Å². The van der Waals surface area contributed by atoms with Crippen molar-refractivity contribution in [2.45, 2.75) is 103 Å². The fraction of sp³-hybridized carbons (Fsp3) is 0.636. The summed E-state index contributed by atoms with van der Waals surface area (Å²) in [6, 6.07) is 2.22. The van der Waals surface area contributed by atoms with E-state index in [1.165, 1.54) is 30.2 Å². The molecule has 2 aromatic rings. The van der Waals surface area contributed by atoms with E-state index in [9.17, 15) is 14.4 Å². The van der Waals surface area contributed by atoms with E-state index in [1.807, 2.05) is 0 Å². The van der Waals surface area contributed by atoms with Crippen LogP contribution in [0, 0.1) is 23.1 Å². The van der Waals surface area contributed by atoms with E-state index in [-0.39, 0.29) is 29.8 Å². The molecule has 0 radical (unpaired) electrons. The number of ether oxygens (including phenoxy) is 3. The van der Waals surface area contributed by atoms with Gasteiger partial charge in [0.2, 0.25) is 11.8 Å². The van der Waals surface area contributed by atoms with Gasteiger partial charge in [-0.05, 0) is 50.2 Å². The van der Waals surface area contributed by atoms with Crippen LogP contribution in [0.15, 0.2) is 18.2 Å². The van der Waals surface area contributed by atoms with Crippen molar-refractivity contribution < 1.29 is 41.8 Å². The monoisotopic (exact) mass is 633 g/mol. The standard InChI is InChI=1S/C33H42F3N3O6/c1-7-20-23(17-40)39-16-24(20)44-28-25(26(34)21-12-11-19(43-6)14-22(21)37-28)33(35,36)13-9-8-10-18-15-32(18,5)45-30(42)38-27(29(39)41)31(2,3)4/h11-12,14,17-18,20,23-24,27H,7-10,13,15-16H2,1-6H3,(H,38,42)/t18-,20+,23-,24+,27-,32-/m1/s1. The number of carbonyl (C=O) groups excluding carboxylic acids is 3. The number of halogens is 3. The van der Waals surface area contributed by atoms with Gasteiger partial charge in [-0.1, -0.05) is 34.1 Å². The third kappa shape index (κ3) is 6.29. The quantitative estimate of drug-likeness (QED) is 0.404. The zero-order valence-corrected chi connectivity index (χ0v) is 26.6. The second kappa shape index (κ2) is 12.0. The van der Waals surface area contributed by atoms with Crippen molar-refractivity contribution in [2.24, 2.45) is 17.3 Å². The second-order valence-corrected chi connectivity index (χ2v) is 13.8. The summed E-state index contributed by atoms with van der Waals surface area (Å²) in [7, 11) is 1.43. The summed E-state index contributed by atoms with van der Waals surface area (Å²) in [5, 5.41) is 2.63. The molecule has 1 aromatic heterocycles. The Bertz CT molecular complexity index is 1480. The summed E-state index contributed by atoms with van der Waals surface area (Å²) in [6.45, 7) is 8.77. The molecule has 1 saturated carbocycles. The number of alkyl carbamates (subject to hydrolysis) is 1. The zero-order valence-electron chi connectivity index (χ0n) is 26.6. The van der Waals surface area contributed by atoms with E-state index in [1.54, 1.807) is 34.6 Å². The van der Waals surface area contributed by atoms with E-state index in [4.69, 9.17) is 14.2 Å². The molecule has 2 aliphatic heterocycles. The van der Waals surface area contributed by atoms with Crippen LogP contribution in [0.1, 0.15) is 78.7 Å². The molecule has 2 amide bonds. The molecule has 0 unspecified atom stereocenters. The highest BCUT2D eigenvalue weighted by atomic mass is 19.3. The van der Waals surface area contributed by atoms with E-state index in [2.05, 4.69) is 10.3 Å². The van der Waals surface area contributed by atoms with E-state index in [0.717, 1.165) is 0 Å². The number of pyridine rings is 1. The smallest absolute Gasteiger partial charge is 0.408 e. The first-order valence-corrected chi connectivity index (χ1v) is 15.6. The van der Waals surface area contributed by atoms with Gasteiger partial charge in [0.15, 0.2) is 0 Å². The minimum atomic E-state index is -3.63. The lowest BCUT2D eigenvalue weighted by Gasteiger charge is -2.35. The summed E-state index contributed by atoms with van der Waals surface area (Å²) in [5.41, 5.74) is -2.43. The number of rotatable bonds is 3. The Kier molecular flexibility index (Phi) is 8.74. The van der Waals surface area contributed by atoms with Crippen LogP contribution in [0.2, 0.25) is 0 Å². The second-order valence-electron chi connectivity index (χ2n) is 13.8. The fourth-order valence-electron chi connectivity index (χ4n) is 6.80. The third-order valence-electron chi connectivity index (χ3n) is 9.62. The highest BCUT2D eigenvalue weighted by Crippen LogP contribution is 2.50. The van der Waals surface area contributed by atoms with Crippen LogP contribution >= 0.6 is 0 Å². The van der Waals surface area contributed by atoms with Crippen molar-refractivity contribution in [3.63, 3.8) is 0 Å². The van der Waals surface area contributed by atoms with Gasteiger partial charge in [-0.2, -0.15) is 0 Å². The van der Waals surface area contributed by atoms with Gasteiger partial charge in [-0.25, -0.2) is 22.9 Å². The Hall–Kier alpha value is -3.57. The van der Waals surface area contributed by atoms with Crippen LogP contribution in [-0.2, 0) is 20.2 Å². The van der Waals surface area contributed by atoms with Crippen LogP contribution < -0.4 is 14.8 Å². The van der Waals surface area contributed by atoms with Gasteiger partial charge in [0, 0.05) is 29.7 Å². The summed E-state index contributed by atoms with van der Waals surface area (Å²) < 4.78 is 65.3. The Morgan fingerprint density at radius 2 is 1.96 bits per heavy atom. The number of hydrogen-bond donors (Lipinski definition) is 1. The molecule has 3 heterocycles. The number of nitrogens with zero attached hydrogens (tertiary/aromatic N) is 2. The first kappa shape index (κ1) is 32.8. The maximum absolute atomic E-state index is 16.1. The third-order valence-corrected chi connectivity index (χ3v) is 9.62. The SMILES string of the molecule is CC[C@@H]1[C@@H]2CN(C(=O)[C@H](C(C)(C)C)NC(=O)O[C@]3(C)C[C@H]3CCCCC(F)(F)c3c(nc4cc(OC)ccc4c3F)O2)[C@@H]1C=O. The highest BCUT2D eigenvalue weighted by Gasteiger charge is 2.54. The van der Waals surface area contributed by atoms with Crippen molar-refractivity contribution in [3.8, 4) is 11.6 Å². The van der Waals surface area contributed by atoms with Crippen LogP contribution in [0.4, 0.5) is 18.0 Å². The van der Waals surface area contributed by atoms with Crippen molar-refractivity contribution in [1.29, 1.82) is 0 Å². The summed E-state index contributed by atoms with van der Waals surface area (Å²) in [6.07, 6.45) is 0.223. The summed E-state index contributed by atoms with van der Waals surface area (Å²) >= 11 is 0. The normalized spacial score (nSPS) is 30.6. The maximum atomic E-state index is 16.1. The predicted octanol–water partition coefficient (Wildman–Crippen LogP) is 6.15. The minimum Gasteiger partial charge on any atom is -0.497 e. The van der Waals surface area contributed by atoms with Crippen LogP contribution in [0.25, 0.3) is 10.9 Å². The van der Waals surface area contributed by atoms with E-state index >= 15 is 13.2 Å². The lowest BCUT2D eigenvalue weighted by molar-refractivity contribution is -0.139. The molecule has 1 aromatic carbocycles. The molecule has 1 N–H and O–H groups in total. The molecule has 2 fully saturated rings. The zero-order chi connectivity index (χ0) is 32.9. The molecule has 3 aliphatic rings. The number of fused-ring (bicyclic) bond motifs is 5. The first-order chi connectivity index (χ1) is 21.1. The van der Waals surface area contributed by atoms with Crippen molar-refractivity contribution >= 4 is 29.2 Å². The van der Waals surface area contributed by atoms with Crippen LogP contribution in [0.5, 0.6) is 11.6 Å². The number of benzene rings is 1. The lowest BCUT2D eigenvalue weighted by atomic mass is 9.85. The number of aldehydes is 1. The number of nitrogens with one attached hydrogen (secondary N) is 1. The van der Waals surface area contributed by atoms with E-state index in [0.29, 0.717) is 37.7 Å². The largest absolute Gasteiger partial charge is 0.497 e. The number of amides is 2. The predicted molar refractivity (Wildman–Crippen MR) is 160 cm³/mol. The Morgan fingerprint density at radius 1 is 1.22 bits per heavy atom. The van der Waals surface area contributed by atoms with Gasteiger partial charge < -0.3 is 29.2 Å². The molecule has 12 heteroatoms. The Morgan fingerprint density at radius 3 is 2.60 bits per heavy atom. The van der Waals surface area contributed by atoms with Gasteiger partial charge in [0.05, 0.1) is 25.2 Å². The molecule has 2 bridgehead atoms. The molecular weight excluding hydrogens is 591 g/mol. The molecule has 5 rings (SSSR count). The average Bonchev–Trinajstić information content (AvgIpc) is 3.46. The number of carbonyl (C=O) groups is 3. The number of hydrogen-bond acceptors (Lipinski definition) is 7. The van der Waals surface area contributed by atoms with Gasteiger partial charge in [-0.3, -0.25) is 4.79 Å².